The van der Waals surface area contributed by atoms with Crippen LogP contribution in [0.15, 0.2) is 48.5 Å². The fourth-order valence-electron chi connectivity index (χ4n) is 2.39. The van der Waals surface area contributed by atoms with E-state index >= 15 is 0 Å². The molecule has 136 valence electrons. The summed E-state index contributed by atoms with van der Waals surface area (Å²) in [6.45, 7) is 11.0. The van der Waals surface area contributed by atoms with Crippen molar-refractivity contribution in [3.63, 3.8) is 0 Å². The van der Waals surface area contributed by atoms with E-state index in [4.69, 9.17) is 4.43 Å². The van der Waals surface area contributed by atoms with Crippen molar-refractivity contribution in [2.24, 2.45) is 0 Å². The number of aliphatic hydroxyl groups is 1. The lowest BCUT2D eigenvalue weighted by Gasteiger charge is -2.37. The van der Waals surface area contributed by atoms with Gasteiger partial charge in [0, 0.05) is 5.56 Å². The zero-order valence-corrected chi connectivity index (χ0v) is 16.8. The second-order valence-corrected chi connectivity index (χ2v) is 12.8. The Kier molecular flexibility index (Phi) is 6.06. The molecule has 1 unspecified atom stereocenters. The molecule has 2 rings (SSSR count). The molecule has 2 aromatic rings. The van der Waals surface area contributed by atoms with E-state index in [2.05, 4.69) is 33.9 Å². The van der Waals surface area contributed by atoms with Crippen molar-refractivity contribution in [1.82, 2.24) is 0 Å². The summed E-state index contributed by atoms with van der Waals surface area (Å²) in [7, 11) is -1.97. The van der Waals surface area contributed by atoms with Crippen LogP contribution in [0, 0.1) is 5.82 Å². The third-order valence-electron chi connectivity index (χ3n) is 5.07. The Labute approximate surface area is 151 Å². The van der Waals surface area contributed by atoms with Crippen LogP contribution < -0.4 is 4.43 Å². The summed E-state index contributed by atoms with van der Waals surface area (Å²) in [4.78, 5) is 0. The standard InChI is InChI=1S/C21H29FO2Si/c1-21(2,3)25(4,5)24-20-9-7-6-8-18(20)19(23)15-12-16-10-13-17(22)14-11-16/h6-11,13-14,19,23H,12,15H2,1-5H3. The molecule has 4 heteroatoms. The maximum absolute atomic E-state index is 13.0. The fraction of sp³-hybridized carbons (Fsp3) is 0.429. The Morgan fingerprint density at radius 1 is 1.04 bits per heavy atom. The van der Waals surface area contributed by atoms with Crippen LogP contribution in [0.5, 0.6) is 5.75 Å². The van der Waals surface area contributed by atoms with Crippen molar-refractivity contribution in [3.8, 4) is 5.75 Å². The van der Waals surface area contributed by atoms with E-state index < -0.39 is 14.4 Å². The first-order valence-electron chi connectivity index (χ1n) is 8.80. The van der Waals surface area contributed by atoms with Gasteiger partial charge in [-0.1, -0.05) is 51.1 Å². The Balaban J connectivity index is 2.12. The first-order chi connectivity index (χ1) is 11.6. The topological polar surface area (TPSA) is 29.5 Å². The van der Waals surface area contributed by atoms with Gasteiger partial charge in [-0.15, -0.1) is 0 Å². The summed E-state index contributed by atoms with van der Waals surface area (Å²) in [5.41, 5.74) is 1.85. The van der Waals surface area contributed by atoms with E-state index in [0.717, 1.165) is 16.9 Å². The lowest BCUT2D eigenvalue weighted by molar-refractivity contribution is 0.165. The highest BCUT2D eigenvalue weighted by atomic mass is 28.4. The molecule has 2 aromatic carbocycles. The van der Waals surface area contributed by atoms with Gasteiger partial charge in [-0.2, -0.15) is 0 Å². The van der Waals surface area contributed by atoms with Gasteiger partial charge in [0.15, 0.2) is 0 Å². The predicted octanol–water partition coefficient (Wildman–Crippen LogP) is 5.88. The summed E-state index contributed by atoms with van der Waals surface area (Å²) in [6, 6.07) is 14.2. The molecule has 0 fully saturated rings. The van der Waals surface area contributed by atoms with Gasteiger partial charge in [0.25, 0.3) is 0 Å². The molecular weight excluding hydrogens is 331 g/mol. The largest absolute Gasteiger partial charge is 0.543 e. The molecular formula is C21H29FO2Si. The molecule has 0 spiro atoms. The van der Waals surface area contributed by atoms with Gasteiger partial charge >= 0.3 is 0 Å². The lowest BCUT2D eigenvalue weighted by atomic mass is 10.0. The number of hydrogen-bond donors (Lipinski definition) is 1. The van der Waals surface area contributed by atoms with E-state index in [1.807, 2.05) is 24.3 Å². The molecule has 0 bridgehead atoms. The minimum atomic E-state index is -1.97. The van der Waals surface area contributed by atoms with Crippen LogP contribution in [0.4, 0.5) is 4.39 Å². The van der Waals surface area contributed by atoms with Crippen LogP contribution in [-0.4, -0.2) is 13.4 Å². The Bertz CT molecular complexity index is 690. The molecule has 2 nitrogen and oxygen atoms in total. The van der Waals surface area contributed by atoms with E-state index in [1.165, 1.54) is 12.1 Å². The van der Waals surface area contributed by atoms with Gasteiger partial charge in [-0.25, -0.2) is 4.39 Å². The van der Waals surface area contributed by atoms with Gasteiger partial charge in [-0.05, 0) is 54.7 Å². The number of para-hydroxylation sites is 1. The predicted molar refractivity (Wildman–Crippen MR) is 104 cm³/mol. The number of rotatable bonds is 6. The van der Waals surface area contributed by atoms with Gasteiger partial charge < -0.3 is 9.53 Å². The monoisotopic (exact) mass is 360 g/mol. The van der Waals surface area contributed by atoms with Crippen LogP contribution in [0.25, 0.3) is 0 Å². The molecule has 0 saturated carbocycles. The maximum Gasteiger partial charge on any atom is 0.250 e. The molecule has 0 aliphatic rings. The van der Waals surface area contributed by atoms with Crippen LogP contribution in [-0.2, 0) is 6.42 Å². The molecule has 0 aliphatic carbocycles. The van der Waals surface area contributed by atoms with E-state index in [9.17, 15) is 9.50 Å². The molecule has 1 N–H and O–H groups in total. The van der Waals surface area contributed by atoms with Crippen LogP contribution in [0.2, 0.25) is 18.1 Å². The first-order valence-corrected chi connectivity index (χ1v) is 11.7. The molecule has 0 amide bonds. The summed E-state index contributed by atoms with van der Waals surface area (Å²) in [5.74, 6) is 0.540. The maximum atomic E-state index is 13.0. The Morgan fingerprint density at radius 2 is 1.64 bits per heavy atom. The zero-order valence-electron chi connectivity index (χ0n) is 15.8. The van der Waals surface area contributed by atoms with Crippen LogP contribution in [0.1, 0.15) is 44.4 Å². The zero-order chi connectivity index (χ0) is 18.7. The third kappa shape index (κ3) is 5.16. The molecule has 0 aliphatic heterocycles. The number of aryl methyl sites for hydroxylation is 1. The molecule has 0 aromatic heterocycles. The van der Waals surface area contributed by atoms with Gasteiger partial charge in [-0.3, -0.25) is 0 Å². The molecule has 0 radical (unpaired) electrons. The lowest BCUT2D eigenvalue weighted by Crippen LogP contribution is -2.44. The van der Waals surface area contributed by atoms with Crippen LogP contribution >= 0.6 is 0 Å². The van der Waals surface area contributed by atoms with Gasteiger partial charge in [0.05, 0.1) is 6.10 Å². The van der Waals surface area contributed by atoms with Crippen molar-refractivity contribution in [2.75, 3.05) is 0 Å². The fourth-order valence-corrected chi connectivity index (χ4v) is 3.43. The van der Waals surface area contributed by atoms with Gasteiger partial charge in [0.2, 0.25) is 8.32 Å². The van der Waals surface area contributed by atoms with Crippen molar-refractivity contribution < 1.29 is 13.9 Å². The van der Waals surface area contributed by atoms with E-state index in [1.54, 1.807) is 12.1 Å². The van der Waals surface area contributed by atoms with Crippen LogP contribution in [0.3, 0.4) is 0 Å². The average Bonchev–Trinajstić information content (AvgIpc) is 2.53. The second-order valence-electron chi connectivity index (χ2n) is 8.08. The minimum absolute atomic E-state index is 0.0964. The average molecular weight is 361 g/mol. The van der Waals surface area contributed by atoms with E-state index in [-0.39, 0.29) is 10.9 Å². The highest BCUT2D eigenvalue weighted by Crippen LogP contribution is 2.39. The Morgan fingerprint density at radius 3 is 2.24 bits per heavy atom. The smallest absolute Gasteiger partial charge is 0.250 e. The number of benzene rings is 2. The molecule has 1 atom stereocenters. The number of aliphatic hydroxyl groups excluding tert-OH is 1. The number of halogens is 1. The van der Waals surface area contributed by atoms with E-state index in [0.29, 0.717) is 12.8 Å². The quantitative estimate of drug-likeness (QED) is 0.652. The SMILES string of the molecule is CC(C)(C)[Si](C)(C)Oc1ccccc1C(O)CCc1ccc(F)cc1. The number of hydrogen-bond acceptors (Lipinski definition) is 2. The first kappa shape index (κ1) is 19.7. The molecule has 25 heavy (non-hydrogen) atoms. The normalized spacial score (nSPS) is 13.6. The highest BCUT2D eigenvalue weighted by Gasteiger charge is 2.39. The third-order valence-corrected chi connectivity index (χ3v) is 9.41. The minimum Gasteiger partial charge on any atom is -0.543 e. The van der Waals surface area contributed by atoms with Crippen molar-refractivity contribution in [3.05, 3.63) is 65.5 Å². The highest BCUT2D eigenvalue weighted by molar-refractivity contribution is 6.74. The molecule has 0 heterocycles. The summed E-state index contributed by atoms with van der Waals surface area (Å²) in [5, 5.41) is 10.8. The van der Waals surface area contributed by atoms with Crippen molar-refractivity contribution >= 4 is 8.32 Å². The van der Waals surface area contributed by atoms with Crippen molar-refractivity contribution in [2.45, 2.75) is 57.8 Å². The van der Waals surface area contributed by atoms with Crippen molar-refractivity contribution in [1.29, 1.82) is 0 Å². The summed E-state index contributed by atoms with van der Waals surface area (Å²) < 4.78 is 19.4. The summed E-state index contributed by atoms with van der Waals surface area (Å²) >= 11 is 0. The Hall–Kier alpha value is -1.65. The molecule has 0 saturated heterocycles. The van der Waals surface area contributed by atoms with Gasteiger partial charge in [0.1, 0.15) is 11.6 Å². The second kappa shape index (κ2) is 7.71. The summed E-state index contributed by atoms with van der Waals surface area (Å²) in [6.07, 6.45) is 0.658.